The second kappa shape index (κ2) is 5.86. The Morgan fingerprint density at radius 1 is 1.12 bits per heavy atom. The van der Waals surface area contributed by atoms with Gasteiger partial charge in [-0.25, -0.2) is 4.98 Å². The first-order valence-electron chi connectivity index (χ1n) is 7.76. The Bertz CT molecular complexity index is 1130. The lowest BCUT2D eigenvalue weighted by Crippen LogP contribution is -2.24. The molecule has 2 aromatic heterocycles. The van der Waals surface area contributed by atoms with Gasteiger partial charge >= 0.3 is 0 Å². The fraction of sp³-hybridized carbons (Fsp3) is 0.111. The van der Waals surface area contributed by atoms with Gasteiger partial charge < -0.3 is 10.2 Å². The predicted octanol–water partition coefficient (Wildman–Crippen LogP) is 2.39. The van der Waals surface area contributed by atoms with Crippen LogP contribution in [0.15, 0.2) is 57.7 Å². The molecule has 7 nitrogen and oxygen atoms in total. The van der Waals surface area contributed by atoms with Crippen LogP contribution in [-0.2, 0) is 6.54 Å². The molecule has 4 rings (SSSR count). The third-order valence-corrected chi connectivity index (χ3v) is 3.91. The summed E-state index contributed by atoms with van der Waals surface area (Å²) in [5.41, 5.74) is 8.85. The number of nitrogens with zero attached hydrogens (tertiary/aromatic N) is 4. The van der Waals surface area contributed by atoms with E-state index in [4.69, 9.17) is 10.2 Å². The van der Waals surface area contributed by atoms with Crippen molar-refractivity contribution in [2.75, 3.05) is 5.73 Å². The van der Waals surface area contributed by atoms with E-state index in [0.717, 1.165) is 16.6 Å². The summed E-state index contributed by atoms with van der Waals surface area (Å²) < 4.78 is 7.31. The summed E-state index contributed by atoms with van der Waals surface area (Å²) in [7, 11) is 0. The zero-order valence-electron chi connectivity index (χ0n) is 13.5. The van der Waals surface area contributed by atoms with E-state index in [1.807, 2.05) is 36.4 Å². The Morgan fingerprint density at radius 2 is 1.96 bits per heavy atom. The molecule has 0 amide bonds. The predicted molar refractivity (Wildman–Crippen MR) is 94.0 cm³/mol. The van der Waals surface area contributed by atoms with E-state index in [9.17, 15) is 4.79 Å². The molecule has 124 valence electrons. The van der Waals surface area contributed by atoms with E-state index in [0.29, 0.717) is 23.2 Å². The zero-order chi connectivity index (χ0) is 17.4. The second-order valence-electron chi connectivity index (χ2n) is 5.70. The highest BCUT2D eigenvalue weighted by molar-refractivity contribution is 5.74. The SMILES string of the molecule is Cc1nc2ccccc2n(Cc2nnc(-c3cccc(N)c3)o2)c1=O. The van der Waals surface area contributed by atoms with Gasteiger partial charge in [-0.2, -0.15) is 0 Å². The molecule has 2 N–H and O–H groups in total. The van der Waals surface area contributed by atoms with Crippen molar-refractivity contribution in [3.05, 3.63) is 70.5 Å². The van der Waals surface area contributed by atoms with Crippen LogP contribution in [0.1, 0.15) is 11.6 Å². The molecule has 0 unspecified atom stereocenters. The summed E-state index contributed by atoms with van der Waals surface area (Å²) in [6, 6.07) is 14.7. The minimum absolute atomic E-state index is 0.178. The fourth-order valence-electron chi connectivity index (χ4n) is 2.72. The Hall–Kier alpha value is -3.48. The smallest absolute Gasteiger partial charge is 0.272 e. The normalized spacial score (nSPS) is 11.1. The van der Waals surface area contributed by atoms with Crippen molar-refractivity contribution in [1.82, 2.24) is 19.7 Å². The van der Waals surface area contributed by atoms with E-state index in [1.54, 1.807) is 23.6 Å². The van der Waals surface area contributed by atoms with Crippen LogP contribution in [0, 0.1) is 6.92 Å². The highest BCUT2D eigenvalue weighted by Crippen LogP contribution is 2.20. The summed E-state index contributed by atoms with van der Waals surface area (Å²) in [6.45, 7) is 1.87. The van der Waals surface area contributed by atoms with Crippen LogP contribution in [0.2, 0.25) is 0 Å². The van der Waals surface area contributed by atoms with Crippen LogP contribution < -0.4 is 11.3 Å². The number of aryl methyl sites for hydroxylation is 1. The molecule has 0 aliphatic rings. The number of anilines is 1. The molecule has 0 saturated heterocycles. The molecular weight excluding hydrogens is 318 g/mol. The number of nitrogen functional groups attached to an aromatic ring is 1. The number of aromatic nitrogens is 4. The van der Waals surface area contributed by atoms with Gasteiger partial charge in [0.05, 0.1) is 11.0 Å². The van der Waals surface area contributed by atoms with Crippen molar-refractivity contribution in [2.24, 2.45) is 0 Å². The molecule has 0 saturated carbocycles. The van der Waals surface area contributed by atoms with E-state index in [2.05, 4.69) is 15.2 Å². The molecule has 0 fully saturated rings. The Labute approximate surface area is 142 Å². The molecule has 0 bridgehead atoms. The molecule has 0 aliphatic heterocycles. The number of nitrogens with two attached hydrogens (primary N) is 1. The van der Waals surface area contributed by atoms with Crippen molar-refractivity contribution < 1.29 is 4.42 Å². The lowest BCUT2D eigenvalue weighted by Gasteiger charge is -2.08. The molecule has 25 heavy (non-hydrogen) atoms. The summed E-state index contributed by atoms with van der Waals surface area (Å²) in [5, 5.41) is 8.11. The first-order chi connectivity index (χ1) is 12.1. The monoisotopic (exact) mass is 333 g/mol. The molecule has 2 aromatic carbocycles. The van der Waals surface area contributed by atoms with Gasteiger partial charge in [0.2, 0.25) is 11.8 Å². The molecular formula is C18H15N5O2. The Kier molecular flexibility index (Phi) is 3.53. The highest BCUT2D eigenvalue weighted by Gasteiger charge is 2.13. The molecule has 2 heterocycles. The van der Waals surface area contributed by atoms with E-state index >= 15 is 0 Å². The average molecular weight is 333 g/mol. The van der Waals surface area contributed by atoms with Crippen LogP contribution in [0.3, 0.4) is 0 Å². The van der Waals surface area contributed by atoms with Crippen molar-refractivity contribution >= 4 is 16.7 Å². The van der Waals surface area contributed by atoms with E-state index in [1.165, 1.54) is 0 Å². The van der Waals surface area contributed by atoms with Gasteiger partial charge in [-0.05, 0) is 37.3 Å². The summed E-state index contributed by atoms with van der Waals surface area (Å²) in [4.78, 5) is 16.8. The maximum atomic E-state index is 12.5. The van der Waals surface area contributed by atoms with E-state index < -0.39 is 0 Å². The summed E-state index contributed by atoms with van der Waals surface area (Å²) >= 11 is 0. The third-order valence-electron chi connectivity index (χ3n) is 3.91. The van der Waals surface area contributed by atoms with Crippen molar-refractivity contribution in [3.63, 3.8) is 0 Å². The van der Waals surface area contributed by atoms with Gasteiger partial charge in [0, 0.05) is 11.3 Å². The van der Waals surface area contributed by atoms with Gasteiger partial charge in [0.1, 0.15) is 12.2 Å². The molecule has 0 aliphatic carbocycles. The van der Waals surface area contributed by atoms with Crippen LogP contribution in [0.5, 0.6) is 0 Å². The standard InChI is InChI=1S/C18H15N5O2/c1-11-18(24)23(15-8-3-2-7-14(15)20-11)10-16-21-22-17(25-16)12-5-4-6-13(19)9-12/h2-9H,10,19H2,1H3. The van der Waals surface area contributed by atoms with Gasteiger partial charge in [0.25, 0.3) is 5.56 Å². The number of hydrogen-bond acceptors (Lipinski definition) is 6. The Balaban J connectivity index is 1.76. The number of para-hydroxylation sites is 2. The first-order valence-corrected chi connectivity index (χ1v) is 7.76. The second-order valence-corrected chi connectivity index (χ2v) is 5.70. The van der Waals surface area contributed by atoms with Gasteiger partial charge in [-0.15, -0.1) is 10.2 Å². The van der Waals surface area contributed by atoms with Crippen LogP contribution >= 0.6 is 0 Å². The van der Waals surface area contributed by atoms with Crippen molar-refractivity contribution in [2.45, 2.75) is 13.5 Å². The molecule has 7 heteroatoms. The summed E-state index contributed by atoms with van der Waals surface area (Å²) in [5.74, 6) is 0.709. The maximum Gasteiger partial charge on any atom is 0.272 e. The maximum absolute atomic E-state index is 12.5. The summed E-state index contributed by atoms with van der Waals surface area (Å²) in [6.07, 6.45) is 0. The largest absolute Gasteiger partial charge is 0.419 e. The van der Waals surface area contributed by atoms with Crippen LogP contribution in [0.4, 0.5) is 5.69 Å². The van der Waals surface area contributed by atoms with Crippen LogP contribution in [-0.4, -0.2) is 19.7 Å². The third kappa shape index (κ3) is 2.76. The Morgan fingerprint density at radius 3 is 2.80 bits per heavy atom. The van der Waals surface area contributed by atoms with Gasteiger partial charge in [-0.3, -0.25) is 9.36 Å². The molecule has 0 radical (unpaired) electrons. The minimum atomic E-state index is -0.178. The van der Waals surface area contributed by atoms with Gasteiger partial charge in [-0.1, -0.05) is 18.2 Å². The number of benzene rings is 2. The number of fused-ring (bicyclic) bond motifs is 1. The minimum Gasteiger partial charge on any atom is -0.419 e. The van der Waals surface area contributed by atoms with Crippen molar-refractivity contribution in [3.8, 4) is 11.5 Å². The average Bonchev–Trinajstić information content (AvgIpc) is 3.08. The lowest BCUT2D eigenvalue weighted by molar-refractivity contribution is 0.487. The fourth-order valence-corrected chi connectivity index (χ4v) is 2.72. The van der Waals surface area contributed by atoms with E-state index in [-0.39, 0.29) is 12.1 Å². The molecule has 4 aromatic rings. The number of hydrogen-bond donors (Lipinski definition) is 1. The number of rotatable bonds is 3. The topological polar surface area (TPSA) is 99.8 Å². The van der Waals surface area contributed by atoms with Gasteiger partial charge in [0.15, 0.2) is 0 Å². The highest BCUT2D eigenvalue weighted by atomic mass is 16.4. The molecule has 0 atom stereocenters. The first kappa shape index (κ1) is 15.1. The molecule has 0 spiro atoms. The quantitative estimate of drug-likeness (QED) is 0.578. The van der Waals surface area contributed by atoms with Crippen molar-refractivity contribution in [1.29, 1.82) is 0 Å². The van der Waals surface area contributed by atoms with Crippen LogP contribution in [0.25, 0.3) is 22.5 Å². The lowest BCUT2D eigenvalue weighted by atomic mass is 10.2. The zero-order valence-corrected chi connectivity index (χ0v) is 13.5.